The van der Waals surface area contributed by atoms with Gasteiger partial charge in [0.1, 0.15) is 5.82 Å². The number of nitro groups is 1. The van der Waals surface area contributed by atoms with Crippen molar-refractivity contribution in [2.24, 2.45) is 0 Å². The molecule has 9 heteroatoms. The average Bonchev–Trinajstić information content (AvgIpc) is 2.34. The predicted molar refractivity (Wildman–Crippen MR) is 65.8 cm³/mol. The number of nitrogens with one attached hydrogen (secondary N) is 1. The third kappa shape index (κ3) is 5.29. The van der Waals surface area contributed by atoms with Crippen molar-refractivity contribution in [3.63, 3.8) is 0 Å². The standard InChI is InChI=1S/C11H14F3N3O3/c1-2-15-9-5-4-8(17(18)19)10(16-9)20-7-3-6-11(12,13)14/h4-5H,2-3,6-7H2,1H3,(H,15,16). The summed E-state index contributed by atoms with van der Waals surface area (Å²) in [6.45, 7) is 2.08. The molecule has 0 aliphatic rings. The van der Waals surface area contributed by atoms with Gasteiger partial charge in [-0.05, 0) is 19.4 Å². The van der Waals surface area contributed by atoms with E-state index in [0.717, 1.165) is 0 Å². The number of anilines is 1. The molecule has 1 aromatic rings. The zero-order chi connectivity index (χ0) is 15.2. The number of halogens is 3. The van der Waals surface area contributed by atoms with Gasteiger partial charge in [0.25, 0.3) is 5.88 Å². The molecule has 0 aromatic carbocycles. The molecule has 0 saturated carbocycles. The van der Waals surface area contributed by atoms with E-state index in [9.17, 15) is 23.3 Å². The Balaban J connectivity index is 2.70. The van der Waals surface area contributed by atoms with Gasteiger partial charge < -0.3 is 10.1 Å². The van der Waals surface area contributed by atoms with Gasteiger partial charge in [-0.1, -0.05) is 0 Å². The molecule has 0 atom stereocenters. The summed E-state index contributed by atoms with van der Waals surface area (Å²) in [4.78, 5) is 13.9. The van der Waals surface area contributed by atoms with Crippen molar-refractivity contribution in [1.82, 2.24) is 4.98 Å². The van der Waals surface area contributed by atoms with E-state index in [0.29, 0.717) is 12.4 Å². The first kappa shape index (κ1) is 16.0. The quantitative estimate of drug-likeness (QED) is 0.474. The lowest BCUT2D eigenvalue weighted by Gasteiger charge is -2.09. The Hall–Kier alpha value is -2.06. The second kappa shape index (κ2) is 6.92. The normalized spacial score (nSPS) is 11.2. The van der Waals surface area contributed by atoms with Crippen molar-refractivity contribution < 1.29 is 22.8 Å². The van der Waals surface area contributed by atoms with Gasteiger partial charge in [-0.3, -0.25) is 10.1 Å². The molecule has 1 heterocycles. The Bertz CT molecular complexity index is 466. The van der Waals surface area contributed by atoms with E-state index < -0.39 is 17.5 Å². The lowest BCUT2D eigenvalue weighted by molar-refractivity contribution is -0.386. The van der Waals surface area contributed by atoms with Gasteiger partial charge in [-0.2, -0.15) is 18.2 Å². The van der Waals surface area contributed by atoms with Crippen molar-refractivity contribution >= 4 is 11.5 Å². The van der Waals surface area contributed by atoms with Crippen LogP contribution in [-0.4, -0.2) is 29.2 Å². The molecule has 0 amide bonds. The largest absolute Gasteiger partial charge is 0.473 e. The van der Waals surface area contributed by atoms with E-state index in [1.807, 2.05) is 6.92 Å². The second-order valence-corrected chi connectivity index (χ2v) is 3.88. The number of ether oxygens (including phenoxy) is 1. The summed E-state index contributed by atoms with van der Waals surface area (Å²) in [7, 11) is 0. The number of aromatic nitrogens is 1. The first-order valence-corrected chi connectivity index (χ1v) is 5.92. The van der Waals surface area contributed by atoms with E-state index in [1.165, 1.54) is 12.1 Å². The Morgan fingerprint density at radius 1 is 1.45 bits per heavy atom. The third-order valence-corrected chi connectivity index (χ3v) is 2.24. The molecule has 0 aliphatic carbocycles. The monoisotopic (exact) mass is 293 g/mol. The van der Waals surface area contributed by atoms with Crippen LogP contribution >= 0.6 is 0 Å². The summed E-state index contributed by atoms with van der Waals surface area (Å²) < 4.78 is 40.9. The van der Waals surface area contributed by atoms with Crippen molar-refractivity contribution in [1.29, 1.82) is 0 Å². The van der Waals surface area contributed by atoms with E-state index in [1.54, 1.807) is 0 Å². The van der Waals surface area contributed by atoms with Crippen molar-refractivity contribution in [3.05, 3.63) is 22.2 Å². The topological polar surface area (TPSA) is 77.3 Å². The maximum absolute atomic E-state index is 12.0. The fourth-order valence-electron chi connectivity index (χ4n) is 1.40. The molecule has 0 bridgehead atoms. The van der Waals surface area contributed by atoms with Gasteiger partial charge in [-0.25, -0.2) is 0 Å². The lowest BCUT2D eigenvalue weighted by Crippen LogP contribution is -2.11. The van der Waals surface area contributed by atoms with E-state index >= 15 is 0 Å². The number of hydrogen-bond donors (Lipinski definition) is 1. The van der Waals surface area contributed by atoms with E-state index in [4.69, 9.17) is 4.74 Å². The molecular weight excluding hydrogens is 279 g/mol. The third-order valence-electron chi connectivity index (χ3n) is 2.24. The van der Waals surface area contributed by atoms with E-state index in [-0.39, 0.29) is 24.6 Å². The van der Waals surface area contributed by atoms with Crippen LogP contribution in [0.15, 0.2) is 12.1 Å². The second-order valence-electron chi connectivity index (χ2n) is 3.88. The molecular formula is C11H14F3N3O3. The van der Waals surface area contributed by atoms with Crippen LogP contribution in [0.5, 0.6) is 5.88 Å². The summed E-state index contributed by atoms with van der Waals surface area (Å²) >= 11 is 0. The SMILES string of the molecule is CCNc1ccc([N+](=O)[O-])c(OCCCC(F)(F)F)n1. The Morgan fingerprint density at radius 2 is 2.15 bits per heavy atom. The number of rotatable bonds is 7. The molecule has 1 aromatic heterocycles. The molecule has 0 radical (unpaired) electrons. The van der Waals surface area contributed by atoms with Gasteiger partial charge in [-0.15, -0.1) is 0 Å². The van der Waals surface area contributed by atoms with Crippen molar-refractivity contribution in [2.75, 3.05) is 18.5 Å². The highest BCUT2D eigenvalue weighted by atomic mass is 19.4. The molecule has 0 fully saturated rings. The molecule has 20 heavy (non-hydrogen) atoms. The zero-order valence-corrected chi connectivity index (χ0v) is 10.7. The smallest absolute Gasteiger partial charge is 0.389 e. The minimum absolute atomic E-state index is 0.282. The zero-order valence-electron chi connectivity index (χ0n) is 10.7. The summed E-state index contributed by atoms with van der Waals surface area (Å²) in [5, 5.41) is 13.6. The summed E-state index contributed by atoms with van der Waals surface area (Å²) in [6.07, 6.45) is -5.56. The fourth-order valence-corrected chi connectivity index (χ4v) is 1.40. The average molecular weight is 293 g/mol. The van der Waals surface area contributed by atoms with Crippen LogP contribution < -0.4 is 10.1 Å². The molecule has 0 unspecified atom stereocenters. The molecule has 0 aliphatic heterocycles. The minimum atomic E-state index is -4.27. The van der Waals surface area contributed by atoms with Crippen LogP contribution in [0.2, 0.25) is 0 Å². The molecule has 1 rings (SSSR count). The van der Waals surface area contributed by atoms with Gasteiger partial charge in [0, 0.05) is 19.0 Å². The van der Waals surface area contributed by atoms with Crippen LogP contribution in [-0.2, 0) is 0 Å². The summed E-state index contributed by atoms with van der Waals surface area (Å²) in [5.74, 6) is 0.0829. The van der Waals surface area contributed by atoms with Crippen LogP contribution in [0.3, 0.4) is 0 Å². The van der Waals surface area contributed by atoms with Gasteiger partial charge in [0.05, 0.1) is 11.5 Å². The number of alkyl halides is 3. The first-order chi connectivity index (χ1) is 9.33. The fraction of sp³-hybridized carbons (Fsp3) is 0.545. The van der Waals surface area contributed by atoms with Crippen LogP contribution in [0.25, 0.3) is 0 Å². The maximum atomic E-state index is 12.0. The highest BCUT2D eigenvalue weighted by molar-refractivity contribution is 5.49. The minimum Gasteiger partial charge on any atom is -0.473 e. The molecule has 0 saturated heterocycles. The highest BCUT2D eigenvalue weighted by Gasteiger charge is 2.26. The van der Waals surface area contributed by atoms with Crippen LogP contribution in [0.1, 0.15) is 19.8 Å². The van der Waals surface area contributed by atoms with Crippen molar-refractivity contribution in [3.8, 4) is 5.88 Å². The number of pyridine rings is 1. The first-order valence-electron chi connectivity index (χ1n) is 5.92. The summed E-state index contributed by atoms with van der Waals surface area (Å²) in [6, 6.07) is 2.61. The van der Waals surface area contributed by atoms with Gasteiger partial charge in [0.2, 0.25) is 0 Å². The predicted octanol–water partition coefficient (Wildman–Crippen LogP) is 3.14. The molecule has 6 nitrogen and oxygen atoms in total. The Morgan fingerprint density at radius 3 is 2.70 bits per heavy atom. The van der Waals surface area contributed by atoms with Gasteiger partial charge >= 0.3 is 11.9 Å². The molecule has 1 N–H and O–H groups in total. The number of hydrogen-bond acceptors (Lipinski definition) is 5. The lowest BCUT2D eigenvalue weighted by atomic mass is 10.3. The van der Waals surface area contributed by atoms with Crippen molar-refractivity contribution in [2.45, 2.75) is 25.9 Å². The maximum Gasteiger partial charge on any atom is 0.389 e. The summed E-state index contributed by atoms with van der Waals surface area (Å²) in [5.41, 5.74) is -0.376. The van der Waals surface area contributed by atoms with Gasteiger partial charge in [0.15, 0.2) is 0 Å². The van der Waals surface area contributed by atoms with Crippen LogP contribution in [0, 0.1) is 10.1 Å². The number of nitrogens with zero attached hydrogens (tertiary/aromatic N) is 2. The van der Waals surface area contributed by atoms with E-state index in [2.05, 4.69) is 10.3 Å². The Labute approximate surface area is 113 Å². The molecule has 112 valence electrons. The Kier molecular flexibility index (Phi) is 5.53. The van der Waals surface area contributed by atoms with Crippen LogP contribution in [0.4, 0.5) is 24.7 Å². The highest BCUT2D eigenvalue weighted by Crippen LogP contribution is 2.27. The molecule has 0 spiro atoms.